The van der Waals surface area contributed by atoms with Gasteiger partial charge in [-0.1, -0.05) is 43.7 Å². The van der Waals surface area contributed by atoms with Gasteiger partial charge in [0.15, 0.2) is 0 Å². The van der Waals surface area contributed by atoms with Crippen molar-refractivity contribution in [2.75, 3.05) is 19.6 Å². The molecular formula is C22H25FN2O2. The summed E-state index contributed by atoms with van der Waals surface area (Å²) in [6.45, 7) is 3.43. The first-order valence-electron chi connectivity index (χ1n) is 9.47. The summed E-state index contributed by atoms with van der Waals surface area (Å²) in [7, 11) is 0. The van der Waals surface area contributed by atoms with Gasteiger partial charge in [0.05, 0.1) is 5.92 Å². The Morgan fingerprint density at radius 3 is 2.59 bits per heavy atom. The highest BCUT2D eigenvalue weighted by atomic mass is 19.1. The molecule has 3 rings (SSSR count). The molecule has 1 saturated heterocycles. The van der Waals surface area contributed by atoms with Crippen LogP contribution in [-0.4, -0.2) is 36.3 Å². The lowest BCUT2D eigenvalue weighted by molar-refractivity contribution is -0.124. The van der Waals surface area contributed by atoms with E-state index < -0.39 is 0 Å². The summed E-state index contributed by atoms with van der Waals surface area (Å²) in [5.74, 6) is -1.08. The minimum atomic E-state index is -0.378. The zero-order valence-electron chi connectivity index (χ0n) is 15.5. The Bertz CT molecular complexity index is 794. The van der Waals surface area contributed by atoms with Crippen molar-refractivity contribution in [3.8, 4) is 0 Å². The molecule has 0 aromatic heterocycles. The van der Waals surface area contributed by atoms with E-state index in [9.17, 15) is 14.0 Å². The molecule has 1 heterocycles. The molecule has 2 aromatic carbocycles. The maximum atomic E-state index is 13.7. The lowest BCUT2D eigenvalue weighted by Gasteiger charge is -2.18. The van der Waals surface area contributed by atoms with Gasteiger partial charge in [0.25, 0.3) is 5.91 Å². The van der Waals surface area contributed by atoms with E-state index in [0.29, 0.717) is 25.2 Å². The molecule has 2 aromatic rings. The molecular weight excluding hydrogens is 343 g/mol. The fourth-order valence-corrected chi connectivity index (χ4v) is 3.59. The van der Waals surface area contributed by atoms with Crippen molar-refractivity contribution in [1.29, 1.82) is 0 Å². The van der Waals surface area contributed by atoms with E-state index in [2.05, 4.69) is 12.2 Å². The van der Waals surface area contributed by atoms with Crippen LogP contribution in [0.4, 0.5) is 4.39 Å². The third-order valence-corrected chi connectivity index (χ3v) is 5.07. The van der Waals surface area contributed by atoms with Crippen LogP contribution in [0.5, 0.6) is 0 Å². The molecule has 0 radical (unpaired) electrons. The summed E-state index contributed by atoms with van der Waals surface area (Å²) in [6, 6.07) is 15.4. The largest absolute Gasteiger partial charge is 0.356 e. The second-order valence-electron chi connectivity index (χ2n) is 6.99. The highest BCUT2D eigenvalue weighted by molar-refractivity contribution is 5.95. The molecule has 2 amide bonds. The number of unbranched alkanes of at least 4 members (excludes halogenated alkanes) is 1. The molecule has 0 aliphatic carbocycles. The van der Waals surface area contributed by atoms with Gasteiger partial charge in [-0.25, -0.2) is 4.39 Å². The van der Waals surface area contributed by atoms with Crippen molar-refractivity contribution in [3.63, 3.8) is 0 Å². The normalized spacial score (nSPS) is 19.1. The van der Waals surface area contributed by atoms with Gasteiger partial charge in [0, 0.05) is 31.1 Å². The van der Waals surface area contributed by atoms with E-state index >= 15 is 0 Å². The van der Waals surface area contributed by atoms with Gasteiger partial charge in [0.2, 0.25) is 5.91 Å². The zero-order valence-corrected chi connectivity index (χ0v) is 15.5. The predicted octanol–water partition coefficient (Wildman–Crippen LogP) is 3.60. The molecule has 2 atom stereocenters. The van der Waals surface area contributed by atoms with Crippen LogP contribution in [0.3, 0.4) is 0 Å². The lowest BCUT2D eigenvalue weighted by Crippen LogP contribution is -2.36. The average molecular weight is 368 g/mol. The standard InChI is InChI=1S/C22H25FN2O2/c1-2-3-12-24-21(26)20-15-25(22(27)16-8-5-4-6-9-16)14-19(20)17-10-7-11-18(23)13-17/h4-11,13,19-20H,2-3,12,14-15H2,1H3,(H,24,26). The summed E-state index contributed by atoms with van der Waals surface area (Å²) >= 11 is 0. The number of nitrogens with one attached hydrogen (secondary N) is 1. The topological polar surface area (TPSA) is 49.4 Å². The number of rotatable bonds is 6. The number of nitrogens with zero attached hydrogens (tertiary/aromatic N) is 1. The zero-order chi connectivity index (χ0) is 19.2. The third-order valence-electron chi connectivity index (χ3n) is 5.07. The minimum Gasteiger partial charge on any atom is -0.356 e. The van der Waals surface area contributed by atoms with Crippen molar-refractivity contribution in [3.05, 3.63) is 71.5 Å². The fourth-order valence-electron chi connectivity index (χ4n) is 3.59. The molecule has 0 spiro atoms. The Hall–Kier alpha value is -2.69. The molecule has 27 heavy (non-hydrogen) atoms. The van der Waals surface area contributed by atoms with Crippen molar-refractivity contribution >= 4 is 11.8 Å². The SMILES string of the molecule is CCCCNC(=O)C1CN(C(=O)c2ccccc2)CC1c1cccc(F)c1. The second kappa shape index (κ2) is 8.80. The van der Waals surface area contributed by atoms with Gasteiger partial charge in [-0.2, -0.15) is 0 Å². The molecule has 5 heteroatoms. The predicted molar refractivity (Wildman–Crippen MR) is 103 cm³/mol. The van der Waals surface area contributed by atoms with Crippen LogP contribution in [0, 0.1) is 11.7 Å². The number of halogens is 1. The van der Waals surface area contributed by atoms with Crippen molar-refractivity contribution < 1.29 is 14.0 Å². The number of carbonyl (C=O) groups is 2. The Morgan fingerprint density at radius 1 is 1.11 bits per heavy atom. The Labute approximate surface area is 159 Å². The van der Waals surface area contributed by atoms with Crippen LogP contribution < -0.4 is 5.32 Å². The van der Waals surface area contributed by atoms with Gasteiger partial charge in [-0.3, -0.25) is 9.59 Å². The lowest BCUT2D eigenvalue weighted by atomic mass is 9.88. The van der Waals surface area contributed by atoms with E-state index in [1.165, 1.54) is 12.1 Å². The van der Waals surface area contributed by atoms with Crippen molar-refractivity contribution in [2.24, 2.45) is 5.92 Å². The van der Waals surface area contributed by atoms with Crippen LogP contribution in [0.15, 0.2) is 54.6 Å². The van der Waals surface area contributed by atoms with Gasteiger partial charge in [-0.05, 0) is 36.2 Å². The van der Waals surface area contributed by atoms with Crippen LogP contribution in [0.1, 0.15) is 41.6 Å². The molecule has 1 aliphatic heterocycles. The number of benzene rings is 2. The maximum absolute atomic E-state index is 13.7. The summed E-state index contributed by atoms with van der Waals surface area (Å²) in [5.41, 5.74) is 1.36. The van der Waals surface area contributed by atoms with Gasteiger partial charge in [-0.15, -0.1) is 0 Å². The first kappa shape index (κ1) is 19.1. The van der Waals surface area contributed by atoms with Gasteiger partial charge >= 0.3 is 0 Å². The third kappa shape index (κ3) is 4.54. The summed E-state index contributed by atoms with van der Waals surface area (Å²) in [5, 5.41) is 2.97. The van der Waals surface area contributed by atoms with Crippen molar-refractivity contribution in [1.82, 2.24) is 10.2 Å². The summed E-state index contributed by atoms with van der Waals surface area (Å²) in [4.78, 5) is 27.3. The Balaban J connectivity index is 1.82. The number of amides is 2. The summed E-state index contributed by atoms with van der Waals surface area (Å²) in [6.07, 6.45) is 1.91. The molecule has 142 valence electrons. The van der Waals surface area contributed by atoms with Crippen LogP contribution in [-0.2, 0) is 4.79 Å². The Morgan fingerprint density at radius 2 is 1.89 bits per heavy atom. The highest BCUT2D eigenvalue weighted by Gasteiger charge is 2.40. The van der Waals surface area contributed by atoms with E-state index in [-0.39, 0.29) is 29.5 Å². The molecule has 1 N–H and O–H groups in total. The molecule has 0 saturated carbocycles. The number of hydrogen-bond donors (Lipinski definition) is 1. The summed E-state index contributed by atoms with van der Waals surface area (Å²) < 4.78 is 13.7. The second-order valence-corrected chi connectivity index (χ2v) is 6.99. The van der Waals surface area contributed by atoms with Crippen molar-refractivity contribution in [2.45, 2.75) is 25.7 Å². The maximum Gasteiger partial charge on any atom is 0.253 e. The van der Waals surface area contributed by atoms with Crippen LogP contribution in [0.25, 0.3) is 0 Å². The first-order valence-corrected chi connectivity index (χ1v) is 9.47. The molecule has 0 bridgehead atoms. The van der Waals surface area contributed by atoms with E-state index in [4.69, 9.17) is 0 Å². The minimum absolute atomic E-state index is 0.0685. The van der Waals surface area contributed by atoms with Crippen LogP contribution in [0.2, 0.25) is 0 Å². The highest BCUT2D eigenvalue weighted by Crippen LogP contribution is 2.34. The van der Waals surface area contributed by atoms with E-state index in [1.54, 1.807) is 23.1 Å². The quantitative estimate of drug-likeness (QED) is 0.792. The molecule has 1 aliphatic rings. The van der Waals surface area contributed by atoms with E-state index in [0.717, 1.165) is 18.4 Å². The smallest absolute Gasteiger partial charge is 0.253 e. The molecule has 2 unspecified atom stereocenters. The fraction of sp³-hybridized carbons (Fsp3) is 0.364. The number of carbonyl (C=O) groups excluding carboxylic acids is 2. The van der Waals surface area contributed by atoms with Gasteiger partial charge < -0.3 is 10.2 Å². The van der Waals surface area contributed by atoms with Crippen LogP contribution >= 0.6 is 0 Å². The number of likely N-dealkylation sites (tertiary alicyclic amines) is 1. The molecule has 1 fully saturated rings. The monoisotopic (exact) mass is 368 g/mol. The van der Waals surface area contributed by atoms with Gasteiger partial charge in [0.1, 0.15) is 5.82 Å². The molecule has 4 nitrogen and oxygen atoms in total. The number of hydrogen-bond acceptors (Lipinski definition) is 2. The Kier molecular flexibility index (Phi) is 6.22. The van der Waals surface area contributed by atoms with E-state index in [1.807, 2.05) is 24.3 Å². The first-order chi connectivity index (χ1) is 13.1. The average Bonchev–Trinajstić information content (AvgIpc) is 3.14.